The van der Waals surface area contributed by atoms with Crippen LogP contribution >= 0.6 is 12.2 Å². The summed E-state index contributed by atoms with van der Waals surface area (Å²) in [4.78, 5) is 32.4. The number of benzene rings is 1. The molecule has 7 nitrogen and oxygen atoms in total. The molecule has 144 valence electrons. The zero-order valence-electron chi connectivity index (χ0n) is 15.2. The van der Waals surface area contributed by atoms with Crippen molar-refractivity contribution in [2.24, 2.45) is 0 Å². The molecule has 0 aliphatic carbocycles. The lowest BCUT2D eigenvalue weighted by atomic mass is 10.1. The van der Waals surface area contributed by atoms with Gasteiger partial charge in [0.05, 0.1) is 23.6 Å². The standard InChI is InChI=1S/C20H20N4O3S/c25-18(22-11-13-3-1-7-21-10-13)14-5-6-16-17(9-14)23-20(28)24(19(16)26)12-15-4-2-8-27-15/h1,3,5-7,9-10,15H,2,4,8,11-12H2,(H,22,25)(H,23,28). The molecule has 0 saturated carbocycles. The monoisotopic (exact) mass is 396 g/mol. The summed E-state index contributed by atoms with van der Waals surface area (Å²) in [5.41, 5.74) is 1.75. The van der Waals surface area contributed by atoms with Crippen LogP contribution in [-0.2, 0) is 17.8 Å². The van der Waals surface area contributed by atoms with E-state index in [0.29, 0.717) is 34.3 Å². The first kappa shape index (κ1) is 18.5. The molecule has 3 heterocycles. The van der Waals surface area contributed by atoms with Gasteiger partial charge in [0.1, 0.15) is 0 Å². The highest BCUT2D eigenvalue weighted by atomic mass is 32.1. The number of aromatic amines is 1. The Balaban J connectivity index is 1.57. The Kier molecular flexibility index (Phi) is 5.31. The number of H-pyrrole nitrogens is 1. The van der Waals surface area contributed by atoms with E-state index < -0.39 is 0 Å². The lowest BCUT2D eigenvalue weighted by Gasteiger charge is -2.13. The normalized spacial score (nSPS) is 16.4. The van der Waals surface area contributed by atoms with Gasteiger partial charge in [0.15, 0.2) is 4.77 Å². The van der Waals surface area contributed by atoms with Crippen LogP contribution in [-0.4, -0.2) is 33.2 Å². The molecule has 1 aliphatic rings. The van der Waals surface area contributed by atoms with Crippen molar-refractivity contribution >= 4 is 29.0 Å². The molecule has 3 aromatic rings. The van der Waals surface area contributed by atoms with Crippen molar-refractivity contribution in [2.45, 2.75) is 32.0 Å². The maximum Gasteiger partial charge on any atom is 0.262 e. The quantitative estimate of drug-likeness (QED) is 0.647. The fourth-order valence-electron chi connectivity index (χ4n) is 3.34. The van der Waals surface area contributed by atoms with Crippen LogP contribution < -0.4 is 10.9 Å². The first-order valence-electron chi connectivity index (χ1n) is 9.17. The highest BCUT2D eigenvalue weighted by Gasteiger charge is 2.18. The molecule has 1 aliphatic heterocycles. The van der Waals surface area contributed by atoms with Crippen molar-refractivity contribution in [2.75, 3.05) is 6.61 Å². The summed E-state index contributed by atoms with van der Waals surface area (Å²) in [5, 5.41) is 3.35. The molecule has 4 rings (SSSR count). The highest BCUT2D eigenvalue weighted by Crippen LogP contribution is 2.15. The second-order valence-electron chi connectivity index (χ2n) is 6.79. The van der Waals surface area contributed by atoms with Crippen molar-refractivity contribution in [3.05, 3.63) is 69.0 Å². The molecule has 1 unspecified atom stereocenters. The Hall–Kier alpha value is -2.84. The number of hydrogen-bond acceptors (Lipinski definition) is 5. The van der Waals surface area contributed by atoms with E-state index in [-0.39, 0.29) is 17.6 Å². The van der Waals surface area contributed by atoms with E-state index >= 15 is 0 Å². The van der Waals surface area contributed by atoms with Crippen LogP contribution in [0.1, 0.15) is 28.8 Å². The number of hydrogen-bond donors (Lipinski definition) is 2. The smallest absolute Gasteiger partial charge is 0.262 e. The van der Waals surface area contributed by atoms with Crippen LogP contribution in [0.2, 0.25) is 0 Å². The van der Waals surface area contributed by atoms with Crippen molar-refractivity contribution in [3.63, 3.8) is 0 Å². The molecular weight excluding hydrogens is 376 g/mol. The minimum atomic E-state index is -0.228. The SMILES string of the molecule is O=C(NCc1cccnc1)c1ccc2c(=O)n(CC3CCCO3)c(=S)[nH]c2c1. The van der Waals surface area contributed by atoms with Gasteiger partial charge in [-0.25, -0.2) is 0 Å². The summed E-state index contributed by atoms with van der Waals surface area (Å²) in [6.07, 6.45) is 5.33. The van der Waals surface area contributed by atoms with Gasteiger partial charge >= 0.3 is 0 Å². The Morgan fingerprint density at radius 1 is 1.39 bits per heavy atom. The minimum absolute atomic E-state index is 0.0165. The third kappa shape index (κ3) is 3.88. The van der Waals surface area contributed by atoms with Crippen LogP contribution in [0.3, 0.4) is 0 Å². The molecule has 0 radical (unpaired) electrons. The molecule has 0 spiro atoms. The lowest BCUT2D eigenvalue weighted by molar-refractivity contribution is 0.0950. The number of carbonyl (C=O) groups excluding carboxylic acids is 1. The van der Waals surface area contributed by atoms with Gasteiger partial charge < -0.3 is 15.0 Å². The van der Waals surface area contributed by atoms with E-state index in [0.717, 1.165) is 25.0 Å². The zero-order chi connectivity index (χ0) is 19.5. The molecule has 8 heteroatoms. The second-order valence-corrected chi connectivity index (χ2v) is 7.17. The van der Waals surface area contributed by atoms with E-state index in [4.69, 9.17) is 17.0 Å². The number of nitrogens with zero attached hydrogens (tertiary/aromatic N) is 2. The molecule has 0 bridgehead atoms. The van der Waals surface area contributed by atoms with E-state index in [2.05, 4.69) is 15.3 Å². The number of ether oxygens (including phenoxy) is 1. The van der Waals surface area contributed by atoms with Crippen LogP contribution in [0.5, 0.6) is 0 Å². The number of amides is 1. The van der Waals surface area contributed by atoms with Crippen molar-refractivity contribution in [1.29, 1.82) is 0 Å². The maximum atomic E-state index is 12.8. The number of pyridine rings is 1. The third-order valence-electron chi connectivity index (χ3n) is 4.83. The molecule has 1 saturated heterocycles. The van der Waals surface area contributed by atoms with Gasteiger partial charge in [0.25, 0.3) is 11.5 Å². The van der Waals surface area contributed by atoms with Crippen molar-refractivity contribution < 1.29 is 9.53 Å². The fourth-order valence-corrected chi connectivity index (χ4v) is 3.61. The number of nitrogens with one attached hydrogen (secondary N) is 2. The molecule has 28 heavy (non-hydrogen) atoms. The summed E-state index contributed by atoms with van der Waals surface area (Å²) >= 11 is 5.37. The maximum absolute atomic E-state index is 12.8. The van der Waals surface area contributed by atoms with Crippen LogP contribution in [0, 0.1) is 4.77 Å². The highest BCUT2D eigenvalue weighted by molar-refractivity contribution is 7.71. The van der Waals surface area contributed by atoms with E-state index in [1.807, 2.05) is 12.1 Å². The van der Waals surface area contributed by atoms with Gasteiger partial charge in [0, 0.05) is 31.1 Å². The summed E-state index contributed by atoms with van der Waals surface area (Å²) in [7, 11) is 0. The summed E-state index contributed by atoms with van der Waals surface area (Å²) in [5.74, 6) is -0.228. The summed E-state index contributed by atoms with van der Waals surface area (Å²) in [6.45, 7) is 1.54. The first-order chi connectivity index (χ1) is 13.6. The van der Waals surface area contributed by atoms with Gasteiger partial charge in [-0.05, 0) is 54.9 Å². The predicted molar refractivity (Wildman–Crippen MR) is 108 cm³/mol. The van der Waals surface area contributed by atoms with Crippen molar-refractivity contribution in [3.8, 4) is 0 Å². The Morgan fingerprint density at radius 3 is 3.04 bits per heavy atom. The summed E-state index contributed by atoms with van der Waals surface area (Å²) < 4.78 is 7.49. The largest absolute Gasteiger partial charge is 0.376 e. The van der Waals surface area contributed by atoms with Crippen LogP contribution in [0.15, 0.2) is 47.5 Å². The average Bonchev–Trinajstić information content (AvgIpc) is 3.23. The third-order valence-corrected chi connectivity index (χ3v) is 5.15. The number of aromatic nitrogens is 3. The number of carbonyl (C=O) groups is 1. The summed E-state index contributed by atoms with van der Waals surface area (Å²) in [6, 6.07) is 8.67. The Morgan fingerprint density at radius 2 is 2.29 bits per heavy atom. The fraction of sp³-hybridized carbons (Fsp3) is 0.300. The lowest BCUT2D eigenvalue weighted by Crippen LogP contribution is -2.28. The molecule has 1 fully saturated rings. The Bertz CT molecular complexity index is 1120. The van der Waals surface area contributed by atoms with Crippen LogP contribution in [0.4, 0.5) is 0 Å². The molecule has 1 aromatic carbocycles. The van der Waals surface area contributed by atoms with Crippen molar-refractivity contribution in [1.82, 2.24) is 19.9 Å². The molecule has 1 amide bonds. The topological polar surface area (TPSA) is 89.0 Å². The van der Waals surface area contributed by atoms with E-state index in [1.165, 1.54) is 4.57 Å². The van der Waals surface area contributed by atoms with Crippen LogP contribution in [0.25, 0.3) is 10.9 Å². The van der Waals surface area contributed by atoms with E-state index in [9.17, 15) is 9.59 Å². The number of rotatable bonds is 5. The molecule has 2 aromatic heterocycles. The van der Waals surface area contributed by atoms with Gasteiger partial charge in [-0.3, -0.25) is 19.1 Å². The minimum Gasteiger partial charge on any atom is -0.376 e. The van der Waals surface area contributed by atoms with Gasteiger partial charge in [-0.15, -0.1) is 0 Å². The molecular formula is C20H20N4O3S. The van der Waals surface area contributed by atoms with Gasteiger partial charge in [-0.2, -0.15) is 0 Å². The second kappa shape index (κ2) is 8.04. The zero-order valence-corrected chi connectivity index (χ0v) is 16.0. The first-order valence-corrected chi connectivity index (χ1v) is 9.58. The van der Waals surface area contributed by atoms with Gasteiger partial charge in [0.2, 0.25) is 0 Å². The molecule has 2 N–H and O–H groups in total. The molecule has 1 atom stereocenters. The van der Waals surface area contributed by atoms with Gasteiger partial charge in [-0.1, -0.05) is 6.07 Å². The average molecular weight is 396 g/mol. The van der Waals surface area contributed by atoms with E-state index in [1.54, 1.807) is 30.6 Å². The predicted octanol–water partition coefficient (Wildman–Crippen LogP) is 2.56. The number of fused-ring (bicyclic) bond motifs is 1. The Labute approximate surface area is 166 Å².